The zero-order valence-corrected chi connectivity index (χ0v) is 17.9. The Morgan fingerprint density at radius 3 is 2.37 bits per heavy atom. The minimum Gasteiger partial charge on any atom is -0.302 e. The molecule has 0 N–H and O–H groups in total. The van der Waals surface area contributed by atoms with Gasteiger partial charge in [-0.2, -0.15) is 0 Å². The highest BCUT2D eigenvalue weighted by Gasteiger charge is 2.25. The smallest absolute Gasteiger partial charge is 0.260 e. The molecule has 0 unspecified atom stereocenters. The summed E-state index contributed by atoms with van der Waals surface area (Å²) in [7, 11) is -0.962. The Balaban J connectivity index is 2.07. The van der Waals surface area contributed by atoms with E-state index in [-0.39, 0.29) is 22.0 Å². The van der Waals surface area contributed by atoms with Crippen LogP contribution in [0.5, 0.6) is 0 Å². The van der Waals surface area contributed by atoms with Crippen LogP contribution < -0.4 is 4.90 Å². The molecular formula is C21H19ClFN3O3S. The molecule has 30 heavy (non-hydrogen) atoms. The van der Waals surface area contributed by atoms with E-state index in [9.17, 15) is 17.6 Å². The summed E-state index contributed by atoms with van der Waals surface area (Å²) in [5, 5.41) is 0.103. The summed E-state index contributed by atoms with van der Waals surface area (Å²) in [5.41, 5.74) is 1.03. The van der Waals surface area contributed by atoms with Crippen LogP contribution in [0.1, 0.15) is 16.1 Å². The Kier molecular flexibility index (Phi) is 6.50. The van der Waals surface area contributed by atoms with Crippen molar-refractivity contribution in [3.63, 3.8) is 0 Å². The fraction of sp³-hybridized carbons (Fsp3) is 0.143. The van der Waals surface area contributed by atoms with Crippen molar-refractivity contribution in [1.29, 1.82) is 0 Å². The van der Waals surface area contributed by atoms with Crippen molar-refractivity contribution in [2.75, 3.05) is 19.0 Å². The Morgan fingerprint density at radius 2 is 1.77 bits per heavy atom. The lowest BCUT2D eigenvalue weighted by Gasteiger charge is -2.23. The Bertz CT molecular complexity index is 1150. The summed E-state index contributed by atoms with van der Waals surface area (Å²) in [6.45, 7) is 0.0896. The van der Waals surface area contributed by atoms with E-state index in [1.54, 1.807) is 24.4 Å². The zero-order valence-electron chi connectivity index (χ0n) is 16.3. The van der Waals surface area contributed by atoms with Gasteiger partial charge in [0, 0.05) is 26.0 Å². The summed E-state index contributed by atoms with van der Waals surface area (Å²) in [4.78, 5) is 19.0. The number of benzene rings is 2. The van der Waals surface area contributed by atoms with Gasteiger partial charge in [0.15, 0.2) is 0 Å². The number of hydrogen-bond donors (Lipinski definition) is 0. The van der Waals surface area contributed by atoms with Crippen molar-refractivity contribution in [2.24, 2.45) is 0 Å². The van der Waals surface area contributed by atoms with E-state index in [1.165, 1.54) is 61.5 Å². The molecule has 0 radical (unpaired) electrons. The third-order valence-corrected chi connectivity index (χ3v) is 6.52. The number of halogens is 2. The third-order valence-electron chi connectivity index (χ3n) is 4.38. The lowest BCUT2D eigenvalue weighted by molar-refractivity contribution is 0.0984. The average Bonchev–Trinajstić information content (AvgIpc) is 2.73. The van der Waals surface area contributed by atoms with Gasteiger partial charge in [0.1, 0.15) is 5.82 Å². The maximum absolute atomic E-state index is 13.4. The second-order valence-corrected chi connectivity index (χ2v) is 9.18. The van der Waals surface area contributed by atoms with Gasteiger partial charge in [0.05, 0.1) is 27.7 Å². The van der Waals surface area contributed by atoms with Crippen LogP contribution in [-0.4, -0.2) is 37.7 Å². The molecule has 0 aliphatic heterocycles. The lowest BCUT2D eigenvalue weighted by atomic mass is 10.1. The first-order valence-corrected chi connectivity index (χ1v) is 10.7. The highest BCUT2D eigenvalue weighted by Crippen LogP contribution is 2.27. The number of amides is 1. The summed E-state index contributed by atoms with van der Waals surface area (Å²) < 4.78 is 39.5. The van der Waals surface area contributed by atoms with Crippen molar-refractivity contribution in [2.45, 2.75) is 11.4 Å². The van der Waals surface area contributed by atoms with E-state index in [1.807, 2.05) is 0 Å². The molecule has 0 fully saturated rings. The van der Waals surface area contributed by atoms with E-state index in [2.05, 4.69) is 4.98 Å². The summed E-state index contributed by atoms with van der Waals surface area (Å²) in [5.74, 6) is -0.978. The van der Waals surface area contributed by atoms with Crippen LogP contribution >= 0.6 is 11.6 Å². The number of carbonyl (C=O) groups excluding carboxylic acids is 1. The van der Waals surface area contributed by atoms with Crippen LogP contribution in [0.2, 0.25) is 5.02 Å². The molecule has 0 aliphatic carbocycles. The number of rotatable bonds is 6. The normalized spacial score (nSPS) is 11.5. The molecule has 0 saturated carbocycles. The van der Waals surface area contributed by atoms with E-state index in [0.29, 0.717) is 11.4 Å². The number of carbonyl (C=O) groups is 1. The predicted octanol–water partition coefficient (Wildman–Crippen LogP) is 3.97. The second kappa shape index (κ2) is 8.91. The van der Waals surface area contributed by atoms with Gasteiger partial charge in [0.25, 0.3) is 5.91 Å². The monoisotopic (exact) mass is 447 g/mol. The molecular weight excluding hydrogens is 429 g/mol. The van der Waals surface area contributed by atoms with Gasteiger partial charge in [-0.25, -0.2) is 17.1 Å². The standard InChI is InChI=1S/C21H19ClFN3O3S/c1-25(2)30(28,29)18-10-11-20(22)19(13-18)21(27)26(14-16-5-3-4-12-24-16)17-8-6-15(23)7-9-17/h3-13H,14H2,1-2H3. The molecule has 6 nitrogen and oxygen atoms in total. The number of hydrogen-bond acceptors (Lipinski definition) is 4. The first-order chi connectivity index (χ1) is 14.2. The van der Waals surface area contributed by atoms with Crippen LogP contribution in [0.4, 0.5) is 10.1 Å². The van der Waals surface area contributed by atoms with Crippen molar-refractivity contribution >= 4 is 33.2 Å². The molecule has 3 rings (SSSR count). The van der Waals surface area contributed by atoms with Gasteiger partial charge in [0.2, 0.25) is 10.0 Å². The van der Waals surface area contributed by atoms with Crippen LogP contribution in [0.15, 0.2) is 71.8 Å². The molecule has 0 bridgehead atoms. The maximum atomic E-state index is 13.4. The van der Waals surface area contributed by atoms with Crippen molar-refractivity contribution in [3.05, 3.63) is 89.0 Å². The molecule has 0 atom stereocenters. The topological polar surface area (TPSA) is 70.6 Å². The van der Waals surface area contributed by atoms with E-state index in [0.717, 1.165) is 4.31 Å². The van der Waals surface area contributed by atoms with E-state index >= 15 is 0 Å². The molecule has 1 aromatic heterocycles. The molecule has 0 spiro atoms. The number of nitrogens with zero attached hydrogens (tertiary/aromatic N) is 3. The molecule has 0 aliphatic rings. The van der Waals surface area contributed by atoms with Crippen LogP contribution in [-0.2, 0) is 16.6 Å². The average molecular weight is 448 g/mol. The fourth-order valence-corrected chi connectivity index (χ4v) is 3.87. The molecule has 1 heterocycles. The van der Waals surface area contributed by atoms with E-state index in [4.69, 9.17) is 11.6 Å². The summed E-state index contributed by atoms with van der Waals surface area (Å²) >= 11 is 6.25. The van der Waals surface area contributed by atoms with Crippen molar-refractivity contribution in [3.8, 4) is 0 Å². The molecule has 3 aromatic rings. The van der Waals surface area contributed by atoms with Gasteiger partial charge < -0.3 is 4.90 Å². The van der Waals surface area contributed by atoms with Crippen LogP contribution in [0.3, 0.4) is 0 Å². The number of aromatic nitrogens is 1. The Hall–Kier alpha value is -2.81. The van der Waals surface area contributed by atoms with Crippen LogP contribution in [0.25, 0.3) is 0 Å². The minimum atomic E-state index is -3.76. The fourth-order valence-electron chi connectivity index (χ4n) is 2.74. The molecule has 2 aromatic carbocycles. The van der Waals surface area contributed by atoms with Gasteiger partial charge in [-0.3, -0.25) is 9.78 Å². The van der Waals surface area contributed by atoms with Gasteiger partial charge in [-0.05, 0) is 54.6 Å². The first kappa shape index (κ1) is 21.9. The number of anilines is 1. The number of pyridine rings is 1. The Morgan fingerprint density at radius 1 is 1.07 bits per heavy atom. The SMILES string of the molecule is CN(C)S(=O)(=O)c1ccc(Cl)c(C(=O)N(Cc2ccccn2)c2ccc(F)cc2)c1. The first-order valence-electron chi connectivity index (χ1n) is 8.89. The Labute approximate surface area is 179 Å². The summed E-state index contributed by atoms with van der Waals surface area (Å²) in [6.07, 6.45) is 1.60. The lowest BCUT2D eigenvalue weighted by Crippen LogP contribution is -2.31. The summed E-state index contributed by atoms with van der Waals surface area (Å²) in [6, 6.07) is 14.6. The van der Waals surface area contributed by atoms with Crippen molar-refractivity contribution in [1.82, 2.24) is 9.29 Å². The predicted molar refractivity (Wildman–Crippen MR) is 113 cm³/mol. The minimum absolute atomic E-state index is 0.0137. The van der Waals surface area contributed by atoms with Gasteiger partial charge in [-0.1, -0.05) is 17.7 Å². The highest BCUT2D eigenvalue weighted by atomic mass is 35.5. The zero-order chi connectivity index (χ0) is 21.9. The molecule has 1 amide bonds. The quantitative estimate of drug-likeness (QED) is 0.573. The van der Waals surface area contributed by atoms with Gasteiger partial charge in [-0.15, -0.1) is 0 Å². The molecule has 156 valence electrons. The van der Waals surface area contributed by atoms with Crippen molar-refractivity contribution < 1.29 is 17.6 Å². The largest absolute Gasteiger partial charge is 0.302 e. The highest BCUT2D eigenvalue weighted by molar-refractivity contribution is 7.89. The third kappa shape index (κ3) is 4.67. The maximum Gasteiger partial charge on any atom is 0.260 e. The molecule has 9 heteroatoms. The second-order valence-electron chi connectivity index (χ2n) is 6.62. The van der Waals surface area contributed by atoms with Gasteiger partial charge >= 0.3 is 0 Å². The van der Waals surface area contributed by atoms with Crippen LogP contribution in [0, 0.1) is 5.82 Å². The van der Waals surface area contributed by atoms with E-state index < -0.39 is 21.7 Å². The molecule has 0 saturated heterocycles. The number of sulfonamides is 1.